The zero-order chi connectivity index (χ0) is 20.6. The molecule has 0 N–H and O–H groups in total. The molecule has 5 heteroatoms. The molecule has 0 heterocycles. The molecule has 0 aliphatic heterocycles. The van der Waals surface area contributed by atoms with E-state index in [4.69, 9.17) is 11.6 Å². The lowest BCUT2D eigenvalue weighted by Gasteiger charge is -2.40. The number of hydrogen-bond donors (Lipinski definition) is 0. The van der Waals surface area contributed by atoms with Gasteiger partial charge < -0.3 is 0 Å². The maximum Gasteiger partial charge on any atom is 0.123 e. The molecule has 0 aliphatic rings. The molecule has 2 aromatic rings. The van der Waals surface area contributed by atoms with Gasteiger partial charge in [-0.05, 0) is 42.4 Å². The minimum Gasteiger partial charge on any atom is -0.207 e. The van der Waals surface area contributed by atoms with Crippen molar-refractivity contribution < 1.29 is 8.78 Å². The van der Waals surface area contributed by atoms with Crippen LogP contribution < -0.4 is 10.4 Å². The fraction of sp³-hybridized carbons (Fsp3) is 0.217. The summed E-state index contributed by atoms with van der Waals surface area (Å²) >= 11 is 6.56. The molecule has 0 bridgehead atoms. The van der Waals surface area contributed by atoms with Crippen LogP contribution >= 0.6 is 11.6 Å². The van der Waals surface area contributed by atoms with E-state index in [1.54, 1.807) is 0 Å². The monoisotopic (exact) mass is 432 g/mol. The van der Waals surface area contributed by atoms with Gasteiger partial charge in [0.1, 0.15) is 19.7 Å². The van der Waals surface area contributed by atoms with E-state index < -0.39 is 16.1 Å². The van der Waals surface area contributed by atoms with Gasteiger partial charge in [0.15, 0.2) is 0 Å². The number of alkyl halides is 1. The van der Waals surface area contributed by atoms with Gasteiger partial charge in [-0.1, -0.05) is 58.5 Å². The van der Waals surface area contributed by atoms with Gasteiger partial charge in [-0.25, -0.2) is 8.78 Å². The number of rotatable bonds is 11. The second kappa shape index (κ2) is 10.1. The lowest BCUT2D eigenvalue weighted by atomic mass is 10.3. The van der Waals surface area contributed by atoms with Crippen molar-refractivity contribution in [3.05, 3.63) is 98.1 Å². The highest BCUT2D eigenvalue weighted by Gasteiger charge is 2.44. The summed E-state index contributed by atoms with van der Waals surface area (Å²) in [6.45, 7) is 11.9. The quantitative estimate of drug-likeness (QED) is 0.237. The molecule has 0 aromatic heterocycles. The van der Waals surface area contributed by atoms with Crippen LogP contribution in [0.5, 0.6) is 0 Å². The number of allylic oxidation sites excluding steroid dienone is 3. The average molecular weight is 433 g/mol. The first kappa shape index (κ1) is 22.5. The van der Waals surface area contributed by atoms with Gasteiger partial charge in [-0.15, -0.1) is 31.3 Å². The van der Waals surface area contributed by atoms with E-state index in [1.807, 2.05) is 42.5 Å². The Hall–Kier alpha value is -1.76. The Morgan fingerprint density at radius 2 is 1.11 bits per heavy atom. The van der Waals surface area contributed by atoms with Gasteiger partial charge in [0.2, 0.25) is 0 Å². The summed E-state index contributed by atoms with van der Waals surface area (Å²) in [5.41, 5.74) is 1.55. The smallest absolute Gasteiger partial charge is 0.123 e. The lowest BCUT2D eigenvalue weighted by molar-refractivity contribution is 0.628. The van der Waals surface area contributed by atoms with Crippen molar-refractivity contribution in [2.75, 3.05) is 5.50 Å². The molecule has 0 spiro atoms. The third-order valence-electron chi connectivity index (χ3n) is 5.40. The highest BCUT2D eigenvalue weighted by Crippen LogP contribution is 2.31. The molecule has 0 saturated heterocycles. The van der Waals surface area contributed by atoms with Crippen LogP contribution in [-0.2, 0) is 0 Å². The first-order valence-corrected chi connectivity index (χ1v) is 15.1. The van der Waals surface area contributed by atoms with E-state index >= 15 is 0 Å². The van der Waals surface area contributed by atoms with Crippen LogP contribution in [0.25, 0.3) is 0 Å². The summed E-state index contributed by atoms with van der Waals surface area (Å²) in [5.74, 6) is -0.523. The Labute approximate surface area is 174 Å². The summed E-state index contributed by atoms with van der Waals surface area (Å²) < 4.78 is 27.3. The van der Waals surface area contributed by atoms with Crippen LogP contribution in [-0.4, -0.2) is 21.7 Å². The van der Waals surface area contributed by atoms with Crippen molar-refractivity contribution in [1.82, 2.24) is 0 Å². The second-order valence-electron chi connectivity index (χ2n) is 7.38. The van der Waals surface area contributed by atoms with Crippen LogP contribution in [0.15, 0.2) is 86.5 Å². The van der Waals surface area contributed by atoms with Gasteiger partial charge in [-0.2, -0.15) is 0 Å². The minimum atomic E-state index is -2.39. The largest absolute Gasteiger partial charge is 0.207 e. The molecule has 0 unspecified atom stereocenters. The molecular formula is C23H27ClF2Si2. The summed E-state index contributed by atoms with van der Waals surface area (Å²) in [6.07, 6.45) is 5.86. The summed E-state index contributed by atoms with van der Waals surface area (Å²) in [6, 6.07) is 16.1. The molecule has 0 atom stereocenters. The fourth-order valence-corrected chi connectivity index (χ4v) is 19.0. The molecule has 0 nitrogen and oxygen atoms in total. The third kappa shape index (κ3) is 4.99. The van der Waals surface area contributed by atoms with Crippen molar-refractivity contribution >= 4 is 38.1 Å². The normalized spacial score (nSPS) is 11.8. The van der Waals surface area contributed by atoms with Crippen molar-refractivity contribution in [2.45, 2.75) is 23.8 Å². The predicted octanol–water partition coefficient (Wildman–Crippen LogP) is 5.85. The number of halogens is 3. The van der Waals surface area contributed by atoms with E-state index in [1.165, 1.54) is 24.3 Å². The maximum absolute atomic E-state index is 13.7. The molecule has 0 amide bonds. The van der Waals surface area contributed by atoms with Crippen LogP contribution in [0.1, 0.15) is 0 Å². The van der Waals surface area contributed by atoms with E-state index in [2.05, 4.69) is 19.7 Å². The van der Waals surface area contributed by atoms with E-state index in [0.29, 0.717) is 5.50 Å². The summed E-state index contributed by atoms with van der Waals surface area (Å²) in [4.78, 5) is 0. The molecule has 0 saturated carbocycles. The van der Waals surface area contributed by atoms with Crippen LogP contribution in [0, 0.1) is 11.6 Å². The summed E-state index contributed by atoms with van der Waals surface area (Å²) in [5, 5.41) is 2.24. The van der Waals surface area contributed by atoms with Crippen molar-refractivity contribution in [1.29, 1.82) is 0 Å². The highest BCUT2D eigenvalue weighted by atomic mass is 35.5. The van der Waals surface area contributed by atoms with Gasteiger partial charge in [0, 0.05) is 5.50 Å². The van der Waals surface area contributed by atoms with Crippen molar-refractivity contribution in [2.24, 2.45) is 0 Å². The molecule has 0 fully saturated rings. The standard InChI is InChI=1S/C23H27ClF2Si2/c1-4-15-27(18-24,16-5-2)19-28(17-6-3,22-11-7-20(25)8-12-22)23-13-9-21(26)10-14-23/h4-14H,1-3,15-19H2. The number of hydrogen-bond acceptors (Lipinski definition) is 0. The first-order chi connectivity index (χ1) is 13.4. The van der Waals surface area contributed by atoms with Crippen LogP contribution in [0.3, 0.4) is 0 Å². The molecule has 0 aliphatic carbocycles. The van der Waals surface area contributed by atoms with Gasteiger partial charge in [0.25, 0.3) is 0 Å². The molecule has 0 radical (unpaired) electrons. The first-order valence-electron chi connectivity index (χ1n) is 9.36. The Kier molecular flexibility index (Phi) is 8.16. The van der Waals surface area contributed by atoms with Crippen LogP contribution in [0.2, 0.25) is 23.8 Å². The molecular weight excluding hydrogens is 406 g/mol. The lowest BCUT2D eigenvalue weighted by Crippen LogP contribution is -2.63. The van der Waals surface area contributed by atoms with E-state index in [0.717, 1.165) is 34.2 Å². The average Bonchev–Trinajstić information content (AvgIpc) is 2.69. The Balaban J connectivity index is 2.72. The zero-order valence-electron chi connectivity index (χ0n) is 16.1. The topological polar surface area (TPSA) is 0 Å². The Bertz CT molecular complexity index is 745. The van der Waals surface area contributed by atoms with Gasteiger partial charge in [0.05, 0.1) is 8.07 Å². The zero-order valence-corrected chi connectivity index (χ0v) is 18.9. The SMILES string of the molecule is C=CC[Si](CCl)(CC=C)C[Si](CC=C)(c1ccc(F)cc1)c1ccc(F)cc1. The summed E-state index contributed by atoms with van der Waals surface area (Å²) in [7, 11) is -4.37. The van der Waals surface area contributed by atoms with E-state index in [9.17, 15) is 8.78 Å². The number of benzene rings is 2. The molecule has 2 rings (SSSR count). The minimum absolute atomic E-state index is 0.262. The third-order valence-corrected chi connectivity index (χ3v) is 19.3. The van der Waals surface area contributed by atoms with E-state index in [-0.39, 0.29) is 11.6 Å². The fourth-order valence-electron chi connectivity index (χ4n) is 4.10. The van der Waals surface area contributed by atoms with Crippen molar-refractivity contribution in [3.63, 3.8) is 0 Å². The Morgan fingerprint density at radius 1 is 0.714 bits per heavy atom. The second-order valence-corrected chi connectivity index (χ2v) is 17.4. The highest BCUT2D eigenvalue weighted by molar-refractivity contribution is 7.11. The molecule has 148 valence electrons. The van der Waals surface area contributed by atoms with Crippen LogP contribution in [0.4, 0.5) is 8.78 Å². The molecule has 28 heavy (non-hydrogen) atoms. The van der Waals surface area contributed by atoms with Gasteiger partial charge >= 0.3 is 0 Å². The Morgan fingerprint density at radius 3 is 1.43 bits per heavy atom. The predicted molar refractivity (Wildman–Crippen MR) is 124 cm³/mol. The molecule has 2 aromatic carbocycles. The maximum atomic E-state index is 13.7. The van der Waals surface area contributed by atoms with Gasteiger partial charge in [-0.3, -0.25) is 0 Å². The van der Waals surface area contributed by atoms with Crippen molar-refractivity contribution in [3.8, 4) is 0 Å².